The predicted octanol–water partition coefficient (Wildman–Crippen LogP) is 1.20. The van der Waals surface area contributed by atoms with E-state index in [1.165, 1.54) is 5.06 Å². The first-order valence-electron chi connectivity index (χ1n) is 5.56. The number of amides is 1. The van der Waals surface area contributed by atoms with Crippen LogP contribution in [0, 0.1) is 13.8 Å². The van der Waals surface area contributed by atoms with Crippen LogP contribution in [0.25, 0.3) is 0 Å². The molecule has 0 aromatic carbocycles. The Morgan fingerprint density at radius 2 is 2.12 bits per heavy atom. The average Bonchev–Trinajstić information content (AvgIpc) is 2.54. The summed E-state index contributed by atoms with van der Waals surface area (Å²) in [5.41, 5.74) is 2.32. The van der Waals surface area contributed by atoms with Gasteiger partial charge in [0, 0.05) is 19.3 Å². The van der Waals surface area contributed by atoms with E-state index in [1.54, 1.807) is 4.68 Å². The van der Waals surface area contributed by atoms with Crippen LogP contribution in [-0.2, 0) is 11.9 Å². The lowest BCUT2D eigenvalue weighted by atomic mass is 10.1. The molecule has 1 aromatic heterocycles. The molecule has 0 unspecified atom stereocenters. The Labute approximate surface area is 94.9 Å². The van der Waals surface area contributed by atoms with Crippen LogP contribution >= 0.6 is 0 Å². The van der Waals surface area contributed by atoms with Gasteiger partial charge in [-0.25, -0.2) is 5.06 Å². The highest BCUT2D eigenvalue weighted by atomic mass is 16.7. The van der Waals surface area contributed by atoms with Crippen LogP contribution in [0.3, 0.4) is 0 Å². The van der Waals surface area contributed by atoms with Gasteiger partial charge in [-0.2, -0.15) is 5.10 Å². The van der Waals surface area contributed by atoms with Gasteiger partial charge in [0.05, 0.1) is 17.9 Å². The van der Waals surface area contributed by atoms with Crippen molar-refractivity contribution in [3.05, 3.63) is 17.0 Å². The van der Waals surface area contributed by atoms with Crippen LogP contribution in [0.2, 0.25) is 0 Å². The summed E-state index contributed by atoms with van der Waals surface area (Å²) in [7, 11) is 1.84. The molecule has 0 atom stereocenters. The fourth-order valence-corrected chi connectivity index (χ4v) is 1.96. The molecule has 1 aliphatic heterocycles. The molecule has 0 aliphatic carbocycles. The van der Waals surface area contributed by atoms with Crippen LogP contribution in [-0.4, -0.2) is 33.9 Å². The minimum absolute atomic E-state index is 0.0669. The van der Waals surface area contributed by atoms with Crippen molar-refractivity contribution in [3.63, 3.8) is 0 Å². The van der Waals surface area contributed by atoms with E-state index in [4.69, 9.17) is 4.84 Å². The standard InChI is InChI=1S/C11H17N3O2/c1-8-10(9(2)13(3)12-8)11(15)14-6-4-5-7-16-14/h4-7H2,1-3H3. The Kier molecular flexibility index (Phi) is 2.96. The lowest BCUT2D eigenvalue weighted by molar-refractivity contribution is -0.144. The smallest absolute Gasteiger partial charge is 0.272 e. The van der Waals surface area contributed by atoms with Crippen molar-refractivity contribution in [3.8, 4) is 0 Å². The second-order valence-electron chi connectivity index (χ2n) is 4.12. The Hall–Kier alpha value is -1.36. The number of hydrogen-bond donors (Lipinski definition) is 0. The van der Waals surface area contributed by atoms with Crippen molar-refractivity contribution < 1.29 is 9.63 Å². The number of hydroxylamine groups is 2. The molecule has 5 nitrogen and oxygen atoms in total. The normalized spacial score (nSPS) is 16.6. The monoisotopic (exact) mass is 223 g/mol. The van der Waals surface area contributed by atoms with Gasteiger partial charge in [0.1, 0.15) is 0 Å². The van der Waals surface area contributed by atoms with Crippen molar-refractivity contribution in [2.45, 2.75) is 26.7 Å². The first-order valence-corrected chi connectivity index (χ1v) is 5.56. The van der Waals surface area contributed by atoms with E-state index in [-0.39, 0.29) is 5.91 Å². The van der Waals surface area contributed by atoms with E-state index >= 15 is 0 Å². The van der Waals surface area contributed by atoms with Gasteiger partial charge < -0.3 is 0 Å². The topological polar surface area (TPSA) is 47.4 Å². The van der Waals surface area contributed by atoms with Crippen molar-refractivity contribution in [2.75, 3.05) is 13.2 Å². The molecule has 0 saturated carbocycles. The molecule has 1 amide bonds. The number of carbonyl (C=O) groups excluding carboxylic acids is 1. The van der Waals surface area contributed by atoms with Crippen LogP contribution in [0.4, 0.5) is 0 Å². The number of hydrogen-bond acceptors (Lipinski definition) is 3. The second kappa shape index (κ2) is 4.25. The van der Waals surface area contributed by atoms with Gasteiger partial charge in [-0.15, -0.1) is 0 Å². The molecular formula is C11H17N3O2. The number of rotatable bonds is 1. The van der Waals surface area contributed by atoms with Crippen LogP contribution < -0.4 is 0 Å². The number of aryl methyl sites for hydroxylation is 2. The van der Waals surface area contributed by atoms with Crippen LogP contribution in [0.15, 0.2) is 0 Å². The van der Waals surface area contributed by atoms with Gasteiger partial charge in [0.2, 0.25) is 0 Å². The third kappa shape index (κ3) is 1.82. The molecule has 0 bridgehead atoms. The summed E-state index contributed by atoms with van der Waals surface area (Å²) in [5.74, 6) is -0.0669. The number of aromatic nitrogens is 2. The predicted molar refractivity (Wildman–Crippen MR) is 58.9 cm³/mol. The van der Waals surface area contributed by atoms with E-state index in [0.29, 0.717) is 18.7 Å². The molecule has 0 N–H and O–H groups in total. The minimum Gasteiger partial charge on any atom is -0.272 e. The third-order valence-corrected chi connectivity index (χ3v) is 2.95. The van der Waals surface area contributed by atoms with Crippen molar-refractivity contribution in [1.29, 1.82) is 0 Å². The third-order valence-electron chi connectivity index (χ3n) is 2.95. The second-order valence-corrected chi connectivity index (χ2v) is 4.12. The molecule has 1 saturated heterocycles. The van der Waals surface area contributed by atoms with Gasteiger partial charge in [-0.3, -0.25) is 14.3 Å². The first-order chi connectivity index (χ1) is 7.61. The summed E-state index contributed by atoms with van der Waals surface area (Å²) in [6.07, 6.45) is 2.03. The number of carbonyl (C=O) groups is 1. The van der Waals surface area contributed by atoms with Crippen molar-refractivity contribution >= 4 is 5.91 Å². The molecule has 1 fully saturated rings. The minimum atomic E-state index is -0.0669. The zero-order chi connectivity index (χ0) is 11.7. The molecule has 1 aliphatic rings. The van der Waals surface area contributed by atoms with Gasteiger partial charge in [0.15, 0.2) is 0 Å². The fraction of sp³-hybridized carbons (Fsp3) is 0.636. The zero-order valence-electron chi connectivity index (χ0n) is 9.99. The lowest BCUT2D eigenvalue weighted by Crippen LogP contribution is -2.36. The summed E-state index contributed by atoms with van der Waals surface area (Å²) in [5, 5.41) is 5.70. The lowest BCUT2D eigenvalue weighted by Gasteiger charge is -2.25. The van der Waals surface area contributed by atoms with Gasteiger partial charge in [0.25, 0.3) is 5.91 Å². The Morgan fingerprint density at radius 3 is 2.62 bits per heavy atom. The molecule has 2 heterocycles. The maximum atomic E-state index is 12.2. The van der Waals surface area contributed by atoms with E-state index in [0.717, 1.165) is 24.2 Å². The summed E-state index contributed by atoms with van der Waals surface area (Å²) < 4.78 is 1.73. The summed E-state index contributed by atoms with van der Waals surface area (Å²) >= 11 is 0. The van der Waals surface area contributed by atoms with Gasteiger partial charge in [-0.05, 0) is 26.7 Å². The fourth-order valence-electron chi connectivity index (χ4n) is 1.96. The molecule has 0 radical (unpaired) electrons. The first kappa shape index (κ1) is 11.1. The molecule has 0 spiro atoms. The number of nitrogens with zero attached hydrogens (tertiary/aromatic N) is 3. The Bertz CT molecular complexity index is 406. The highest BCUT2D eigenvalue weighted by Gasteiger charge is 2.25. The molecular weight excluding hydrogens is 206 g/mol. The van der Waals surface area contributed by atoms with E-state index in [2.05, 4.69) is 5.10 Å². The molecule has 88 valence electrons. The highest BCUT2D eigenvalue weighted by molar-refractivity contribution is 5.95. The Morgan fingerprint density at radius 1 is 1.38 bits per heavy atom. The maximum Gasteiger partial charge on any atom is 0.281 e. The molecule has 5 heteroatoms. The van der Waals surface area contributed by atoms with Crippen molar-refractivity contribution in [2.24, 2.45) is 7.05 Å². The molecule has 16 heavy (non-hydrogen) atoms. The van der Waals surface area contributed by atoms with Gasteiger partial charge in [-0.1, -0.05) is 0 Å². The van der Waals surface area contributed by atoms with E-state index in [1.807, 2.05) is 20.9 Å². The van der Waals surface area contributed by atoms with Gasteiger partial charge >= 0.3 is 0 Å². The summed E-state index contributed by atoms with van der Waals surface area (Å²) in [6, 6.07) is 0. The molecule has 2 rings (SSSR count). The Balaban J connectivity index is 2.25. The largest absolute Gasteiger partial charge is 0.281 e. The summed E-state index contributed by atoms with van der Waals surface area (Å²) in [4.78, 5) is 17.6. The maximum absolute atomic E-state index is 12.2. The SMILES string of the molecule is Cc1nn(C)c(C)c1C(=O)N1CCCCO1. The highest BCUT2D eigenvalue weighted by Crippen LogP contribution is 2.17. The van der Waals surface area contributed by atoms with E-state index < -0.39 is 0 Å². The average molecular weight is 223 g/mol. The molecule has 1 aromatic rings. The zero-order valence-corrected chi connectivity index (χ0v) is 9.99. The van der Waals surface area contributed by atoms with E-state index in [9.17, 15) is 4.79 Å². The van der Waals surface area contributed by atoms with Crippen LogP contribution in [0.5, 0.6) is 0 Å². The van der Waals surface area contributed by atoms with Crippen molar-refractivity contribution in [1.82, 2.24) is 14.8 Å². The summed E-state index contributed by atoms with van der Waals surface area (Å²) in [6.45, 7) is 5.05. The van der Waals surface area contributed by atoms with Crippen LogP contribution in [0.1, 0.15) is 34.6 Å². The quantitative estimate of drug-likeness (QED) is 0.719.